The van der Waals surface area contributed by atoms with Crippen molar-refractivity contribution in [2.24, 2.45) is 5.92 Å². The summed E-state index contributed by atoms with van der Waals surface area (Å²) in [5.74, 6) is -1.30. The molecule has 286 valence electrons. The zero-order chi connectivity index (χ0) is 38.2. The number of fused-ring (bicyclic) bond motifs is 1. The maximum Gasteiger partial charge on any atom is 0.284 e. The van der Waals surface area contributed by atoms with Gasteiger partial charge in [-0.1, -0.05) is 6.07 Å². The van der Waals surface area contributed by atoms with E-state index in [0.29, 0.717) is 49.7 Å². The molecule has 5 amide bonds. The minimum atomic E-state index is -2.91. The molecule has 3 fully saturated rings. The van der Waals surface area contributed by atoms with Crippen LogP contribution in [0.3, 0.4) is 0 Å². The number of imide groups is 2. The largest absolute Gasteiger partial charge is 0.444 e. The maximum absolute atomic E-state index is 14.1. The Bertz CT molecular complexity index is 2160. The predicted molar refractivity (Wildman–Crippen MR) is 192 cm³/mol. The third-order valence-electron chi connectivity index (χ3n) is 10.6. The van der Waals surface area contributed by atoms with Crippen molar-refractivity contribution in [2.45, 2.75) is 69.9 Å². The van der Waals surface area contributed by atoms with Crippen LogP contribution in [0.25, 0.3) is 11.5 Å². The number of pyridine rings is 1. The Labute approximate surface area is 313 Å². The number of carbonyl (C=O) groups is 5. The molecule has 3 N–H and O–H groups in total. The van der Waals surface area contributed by atoms with Crippen molar-refractivity contribution >= 4 is 41.0 Å². The minimum Gasteiger partial charge on any atom is -0.444 e. The monoisotopic (exact) mass is 755 g/mol. The minimum absolute atomic E-state index is 0.0589. The second kappa shape index (κ2) is 15.1. The summed E-state index contributed by atoms with van der Waals surface area (Å²) in [5, 5.41) is 12.2. The molecule has 3 aliphatic heterocycles. The van der Waals surface area contributed by atoms with E-state index in [1.165, 1.54) is 30.0 Å². The molecule has 55 heavy (non-hydrogen) atoms. The fourth-order valence-electron chi connectivity index (χ4n) is 7.37. The predicted octanol–water partition coefficient (Wildman–Crippen LogP) is 4.62. The maximum atomic E-state index is 14.1. The lowest BCUT2D eigenvalue weighted by molar-refractivity contribution is -0.136. The van der Waals surface area contributed by atoms with E-state index in [9.17, 15) is 32.8 Å². The number of likely N-dealkylation sites (tertiary alicyclic amines) is 1. The summed E-state index contributed by atoms with van der Waals surface area (Å²) >= 11 is 0. The quantitative estimate of drug-likeness (QED) is 0.162. The van der Waals surface area contributed by atoms with Crippen LogP contribution in [0.15, 0.2) is 53.4 Å². The fraction of sp³-hybridized carbons (Fsp3) is 0.421. The third kappa shape index (κ3) is 7.74. The van der Waals surface area contributed by atoms with Gasteiger partial charge >= 0.3 is 0 Å². The topological polar surface area (TPSA) is 185 Å². The standard InChI is InChI=1S/C38H39F2N9O6/c39-33(40)32-27(43-34(51)28-20-55-36(44-28)23-9-12-41-30(17-23)42-18-22-3-4-22)19-48(46-32)24-10-14-47(15-11-24)13-1-2-21-5-6-25-26(16-21)38(54)49(37(25)53)29-7-8-31(50)45-35(29)52/h5-6,9,12,16-17,19-20,22,24,29,33H,1-4,7-8,10-11,13-15,18H2,(H,41,42)(H,43,51)(H,45,50,52). The second-order valence-electron chi connectivity index (χ2n) is 14.5. The van der Waals surface area contributed by atoms with Crippen LogP contribution in [0.1, 0.15) is 99.9 Å². The number of halogens is 2. The van der Waals surface area contributed by atoms with Gasteiger partial charge in [0.2, 0.25) is 17.7 Å². The number of benzene rings is 1. The number of rotatable bonds is 13. The van der Waals surface area contributed by atoms with E-state index in [-0.39, 0.29) is 47.3 Å². The molecule has 4 aromatic rings. The molecule has 15 nitrogen and oxygen atoms in total. The second-order valence-corrected chi connectivity index (χ2v) is 14.5. The van der Waals surface area contributed by atoms with Gasteiger partial charge in [0.15, 0.2) is 11.4 Å². The van der Waals surface area contributed by atoms with Gasteiger partial charge in [-0.3, -0.25) is 38.9 Å². The zero-order valence-electron chi connectivity index (χ0n) is 29.8. The van der Waals surface area contributed by atoms with Crippen LogP contribution in [0.5, 0.6) is 0 Å². The molecule has 0 bridgehead atoms. The number of aryl methyl sites for hydroxylation is 1. The Hall–Kier alpha value is -5.84. The molecule has 1 aromatic carbocycles. The summed E-state index contributed by atoms with van der Waals surface area (Å²) in [4.78, 5) is 75.0. The number of carbonyl (C=O) groups excluding carboxylic acids is 5. The number of piperidine rings is 2. The van der Waals surface area contributed by atoms with Gasteiger partial charge in [0.05, 0.1) is 22.9 Å². The summed E-state index contributed by atoms with van der Waals surface area (Å²) < 4.78 is 35.2. The lowest BCUT2D eigenvalue weighted by Crippen LogP contribution is -2.54. The highest BCUT2D eigenvalue weighted by Crippen LogP contribution is 2.32. The first-order valence-corrected chi connectivity index (χ1v) is 18.5. The van der Waals surface area contributed by atoms with Gasteiger partial charge < -0.3 is 20.0 Å². The molecule has 2 saturated heterocycles. The van der Waals surface area contributed by atoms with Crippen molar-refractivity contribution in [1.82, 2.24) is 34.9 Å². The average Bonchev–Trinajstić information content (AvgIpc) is 3.59. The number of anilines is 2. The Balaban J connectivity index is 0.831. The highest BCUT2D eigenvalue weighted by atomic mass is 19.3. The van der Waals surface area contributed by atoms with Crippen molar-refractivity contribution in [3.8, 4) is 11.5 Å². The van der Waals surface area contributed by atoms with Crippen LogP contribution < -0.4 is 16.0 Å². The number of aromatic nitrogens is 4. The number of oxazole rings is 1. The molecule has 0 spiro atoms. The van der Waals surface area contributed by atoms with Crippen molar-refractivity contribution in [3.05, 3.63) is 77.1 Å². The normalized spacial score (nSPS) is 19.3. The van der Waals surface area contributed by atoms with Crippen molar-refractivity contribution in [3.63, 3.8) is 0 Å². The van der Waals surface area contributed by atoms with Crippen LogP contribution in [0.2, 0.25) is 0 Å². The Morgan fingerprint density at radius 1 is 1.00 bits per heavy atom. The number of amides is 5. The number of hydrogen-bond donors (Lipinski definition) is 3. The molecule has 1 saturated carbocycles. The van der Waals surface area contributed by atoms with Crippen LogP contribution in [0.4, 0.5) is 20.3 Å². The molecule has 3 aromatic heterocycles. The van der Waals surface area contributed by atoms with Gasteiger partial charge in [-0.05, 0) is 87.2 Å². The van der Waals surface area contributed by atoms with E-state index in [4.69, 9.17) is 4.42 Å². The van der Waals surface area contributed by atoms with Crippen molar-refractivity contribution in [1.29, 1.82) is 0 Å². The number of alkyl halides is 2. The molecule has 4 aliphatic rings. The molecule has 6 heterocycles. The van der Waals surface area contributed by atoms with E-state index in [1.54, 1.807) is 30.5 Å². The first kappa shape index (κ1) is 36.2. The van der Waals surface area contributed by atoms with Gasteiger partial charge in [-0.25, -0.2) is 18.7 Å². The van der Waals surface area contributed by atoms with Gasteiger partial charge in [-0.15, -0.1) is 0 Å². The van der Waals surface area contributed by atoms with Gasteiger partial charge in [0.1, 0.15) is 18.1 Å². The molecule has 0 radical (unpaired) electrons. The number of nitrogens with zero attached hydrogens (tertiary/aromatic N) is 6. The van der Waals surface area contributed by atoms with E-state index < -0.39 is 47.7 Å². The molecule has 8 rings (SSSR count). The smallest absolute Gasteiger partial charge is 0.284 e. The molecular weight excluding hydrogens is 716 g/mol. The van der Waals surface area contributed by atoms with Gasteiger partial charge in [0, 0.05) is 44.0 Å². The summed E-state index contributed by atoms with van der Waals surface area (Å²) in [5.41, 5.74) is 1.34. The van der Waals surface area contributed by atoms with Crippen LogP contribution in [-0.4, -0.2) is 91.3 Å². The Kier molecular flexibility index (Phi) is 9.94. The molecular formula is C38H39F2N9O6. The van der Waals surface area contributed by atoms with Crippen LogP contribution >= 0.6 is 0 Å². The van der Waals surface area contributed by atoms with Crippen LogP contribution in [-0.2, 0) is 16.0 Å². The highest BCUT2D eigenvalue weighted by Gasteiger charge is 2.44. The summed E-state index contributed by atoms with van der Waals surface area (Å²) in [6.45, 7) is 3.02. The highest BCUT2D eigenvalue weighted by molar-refractivity contribution is 6.23. The molecule has 17 heteroatoms. The summed E-state index contributed by atoms with van der Waals surface area (Å²) in [6.07, 6.45) is 6.67. The SMILES string of the molecule is O=C1CCC(N2C(=O)c3ccc(CCCN4CCC(n5cc(NC(=O)c6coc(-c7ccnc(NCC8CC8)c7)n6)c(C(F)F)n5)CC4)cc3C2=O)C(=O)N1. The van der Waals surface area contributed by atoms with Crippen molar-refractivity contribution in [2.75, 3.05) is 36.8 Å². The van der Waals surface area contributed by atoms with Crippen LogP contribution in [0, 0.1) is 5.92 Å². The van der Waals surface area contributed by atoms with E-state index in [0.717, 1.165) is 30.0 Å². The summed E-state index contributed by atoms with van der Waals surface area (Å²) in [6, 6.07) is 7.47. The first-order chi connectivity index (χ1) is 26.6. The first-order valence-electron chi connectivity index (χ1n) is 18.5. The van der Waals surface area contributed by atoms with E-state index >= 15 is 0 Å². The molecule has 1 unspecified atom stereocenters. The lowest BCUT2D eigenvalue weighted by atomic mass is 10.0. The third-order valence-corrected chi connectivity index (χ3v) is 10.6. The summed E-state index contributed by atoms with van der Waals surface area (Å²) in [7, 11) is 0. The molecule has 1 aliphatic carbocycles. The average molecular weight is 756 g/mol. The van der Waals surface area contributed by atoms with E-state index in [2.05, 4.69) is 35.9 Å². The number of nitrogens with one attached hydrogen (secondary N) is 3. The zero-order valence-corrected chi connectivity index (χ0v) is 29.8. The fourth-order valence-corrected chi connectivity index (χ4v) is 7.37. The van der Waals surface area contributed by atoms with E-state index in [1.807, 2.05) is 6.07 Å². The van der Waals surface area contributed by atoms with Crippen molar-refractivity contribution < 1.29 is 37.2 Å². The molecule has 1 atom stereocenters. The van der Waals surface area contributed by atoms with Gasteiger partial charge in [-0.2, -0.15) is 5.10 Å². The number of hydrogen-bond acceptors (Lipinski definition) is 11. The Morgan fingerprint density at radius 2 is 1.80 bits per heavy atom. The van der Waals surface area contributed by atoms with Gasteiger partial charge in [0.25, 0.3) is 24.1 Å². The lowest BCUT2D eigenvalue weighted by Gasteiger charge is -2.32. The Morgan fingerprint density at radius 3 is 2.56 bits per heavy atom.